The maximum absolute atomic E-state index is 11.2. The monoisotopic (exact) mass is 218 g/mol. The van der Waals surface area contributed by atoms with Crippen molar-refractivity contribution in [2.24, 2.45) is 0 Å². The van der Waals surface area contributed by atoms with Crippen LogP contribution in [0, 0.1) is 0 Å². The van der Waals surface area contributed by atoms with Gasteiger partial charge in [0.05, 0.1) is 0 Å². The topological polar surface area (TPSA) is 41.1 Å². The molecule has 0 spiro atoms. The van der Waals surface area contributed by atoms with Crippen LogP contribution in [0.1, 0.15) is 34.1 Å². The fourth-order valence-electron chi connectivity index (χ4n) is 2.24. The molecule has 1 atom stereocenters. The molecule has 1 amide bonds. The van der Waals surface area contributed by atoms with Gasteiger partial charge < -0.3 is 10.6 Å². The third kappa shape index (κ3) is 2.61. The second-order valence-corrected chi connectivity index (χ2v) is 5.46. The molecule has 1 unspecified atom stereocenters. The van der Waals surface area contributed by atoms with E-state index in [1.807, 2.05) is 0 Å². The molecule has 1 aliphatic rings. The number of rotatable bonds is 2. The largest absolute Gasteiger partial charge is 0.350 e. The Labute approximate surface area is 90.6 Å². The number of amides is 1. The Morgan fingerprint density at radius 1 is 1.50 bits per heavy atom. The van der Waals surface area contributed by atoms with Gasteiger partial charge in [0.25, 0.3) is 0 Å². The smallest absolute Gasteiger partial charge is 0.235 e. The lowest BCUT2D eigenvalue weighted by Gasteiger charge is -2.28. The van der Waals surface area contributed by atoms with Gasteiger partial charge in [-0.25, -0.2) is 0 Å². The van der Waals surface area contributed by atoms with Crippen molar-refractivity contribution in [3.05, 3.63) is 0 Å². The molecule has 82 valence electrons. The molecule has 1 saturated heterocycles. The Bertz CT molecular complexity index is 238. The number of nitrogens with one attached hydrogen (secondary N) is 2. The van der Waals surface area contributed by atoms with Gasteiger partial charge in [-0.1, -0.05) is 0 Å². The molecule has 1 rings (SSSR count). The molecule has 14 heavy (non-hydrogen) atoms. The zero-order valence-electron chi connectivity index (χ0n) is 9.28. The maximum Gasteiger partial charge on any atom is 0.235 e. The lowest BCUT2D eigenvalue weighted by atomic mass is 9.94. The van der Waals surface area contributed by atoms with Gasteiger partial charge in [-0.2, -0.15) is 0 Å². The van der Waals surface area contributed by atoms with Crippen molar-refractivity contribution in [2.45, 2.75) is 51.2 Å². The van der Waals surface area contributed by atoms with Crippen LogP contribution in [0.25, 0.3) is 0 Å². The second-order valence-electron chi connectivity index (χ2n) is 5.19. The van der Waals surface area contributed by atoms with E-state index in [-0.39, 0.29) is 28.9 Å². The average Bonchev–Trinajstić information content (AvgIpc) is 2.19. The van der Waals surface area contributed by atoms with Crippen LogP contribution in [0.2, 0.25) is 0 Å². The first-order valence-corrected chi connectivity index (χ1v) is 5.45. The third-order valence-electron chi connectivity index (χ3n) is 2.70. The van der Waals surface area contributed by atoms with E-state index in [0.29, 0.717) is 0 Å². The summed E-state index contributed by atoms with van der Waals surface area (Å²) in [6.45, 7) is 8.48. The summed E-state index contributed by atoms with van der Waals surface area (Å²) in [4.78, 5) is 11.2. The van der Waals surface area contributed by atoms with E-state index in [9.17, 15) is 4.79 Å². The zero-order valence-corrected chi connectivity index (χ0v) is 10.0. The van der Waals surface area contributed by atoms with Gasteiger partial charge in [-0.05, 0) is 34.1 Å². The van der Waals surface area contributed by atoms with Crippen LogP contribution in [-0.4, -0.2) is 28.9 Å². The highest BCUT2D eigenvalue weighted by atomic mass is 35.5. The third-order valence-corrected chi connectivity index (χ3v) is 2.95. The van der Waals surface area contributed by atoms with Crippen LogP contribution in [0.5, 0.6) is 0 Å². The Balaban J connectivity index is 2.66. The molecule has 3 nitrogen and oxygen atoms in total. The maximum atomic E-state index is 11.2. The lowest BCUT2D eigenvalue weighted by Crippen LogP contribution is -2.52. The van der Waals surface area contributed by atoms with Crippen LogP contribution in [0.3, 0.4) is 0 Å². The highest BCUT2D eigenvalue weighted by molar-refractivity contribution is 6.27. The molecule has 1 heterocycles. The van der Waals surface area contributed by atoms with Crippen LogP contribution < -0.4 is 10.6 Å². The summed E-state index contributed by atoms with van der Waals surface area (Å²) in [7, 11) is 0. The van der Waals surface area contributed by atoms with Crippen molar-refractivity contribution in [2.75, 3.05) is 5.88 Å². The number of alkyl halides is 1. The first kappa shape index (κ1) is 11.8. The van der Waals surface area contributed by atoms with Crippen LogP contribution in [-0.2, 0) is 4.79 Å². The minimum Gasteiger partial charge on any atom is -0.350 e. The molecular weight excluding hydrogens is 200 g/mol. The normalized spacial score (nSPS) is 28.8. The van der Waals surface area contributed by atoms with Crippen molar-refractivity contribution in [1.82, 2.24) is 10.6 Å². The van der Waals surface area contributed by atoms with E-state index < -0.39 is 0 Å². The van der Waals surface area contributed by atoms with E-state index in [1.54, 1.807) is 0 Å². The number of carbonyl (C=O) groups is 1. The molecule has 0 aromatic rings. The van der Waals surface area contributed by atoms with E-state index >= 15 is 0 Å². The summed E-state index contributed by atoms with van der Waals surface area (Å²) in [5.74, 6) is -0.0586. The molecule has 0 aliphatic carbocycles. The zero-order chi connectivity index (χ0) is 11.0. The number of halogens is 1. The second kappa shape index (κ2) is 3.70. The van der Waals surface area contributed by atoms with Crippen LogP contribution in [0.15, 0.2) is 0 Å². The lowest BCUT2D eigenvalue weighted by molar-refractivity contribution is -0.119. The van der Waals surface area contributed by atoms with Crippen molar-refractivity contribution < 1.29 is 4.79 Å². The van der Waals surface area contributed by atoms with Gasteiger partial charge >= 0.3 is 0 Å². The van der Waals surface area contributed by atoms with Gasteiger partial charge in [0, 0.05) is 17.1 Å². The van der Waals surface area contributed by atoms with Gasteiger partial charge in [0.2, 0.25) is 5.91 Å². The summed E-state index contributed by atoms with van der Waals surface area (Å²) in [6, 6.07) is 0.156. The predicted molar refractivity (Wildman–Crippen MR) is 58.6 cm³/mol. The summed E-state index contributed by atoms with van der Waals surface area (Å²) < 4.78 is 0. The van der Waals surface area contributed by atoms with Gasteiger partial charge in [0.15, 0.2) is 0 Å². The van der Waals surface area contributed by atoms with Crippen LogP contribution in [0.4, 0.5) is 0 Å². The quantitative estimate of drug-likeness (QED) is 0.686. The summed E-state index contributed by atoms with van der Waals surface area (Å²) >= 11 is 5.46. The predicted octanol–water partition coefficient (Wildman–Crippen LogP) is 1.26. The van der Waals surface area contributed by atoms with Crippen LogP contribution >= 0.6 is 11.6 Å². The molecule has 0 radical (unpaired) electrons. The molecule has 0 aromatic heterocycles. The molecule has 1 aliphatic heterocycles. The fraction of sp³-hybridized carbons (Fsp3) is 0.900. The Morgan fingerprint density at radius 2 is 2.07 bits per heavy atom. The molecule has 0 bridgehead atoms. The molecule has 2 N–H and O–H groups in total. The summed E-state index contributed by atoms with van der Waals surface area (Å²) in [6.07, 6.45) is 0.933. The fourth-order valence-corrected chi connectivity index (χ4v) is 2.32. The number of hydrogen-bond acceptors (Lipinski definition) is 2. The number of hydrogen-bond donors (Lipinski definition) is 2. The summed E-state index contributed by atoms with van der Waals surface area (Å²) in [5.41, 5.74) is 0.0129. The highest BCUT2D eigenvalue weighted by Crippen LogP contribution is 2.30. The minimum absolute atomic E-state index is 0.0347. The Kier molecular flexibility index (Phi) is 3.12. The molecule has 0 saturated carbocycles. The van der Waals surface area contributed by atoms with Crippen molar-refractivity contribution in [1.29, 1.82) is 0 Å². The molecular formula is C10H19ClN2O. The first-order chi connectivity index (χ1) is 6.27. The van der Waals surface area contributed by atoms with Gasteiger partial charge in [-0.15, -0.1) is 11.6 Å². The van der Waals surface area contributed by atoms with Gasteiger partial charge in [-0.3, -0.25) is 4.79 Å². The molecule has 4 heteroatoms. The standard InChI is InChI=1S/C10H19ClN2O/c1-9(2)5-7(10(3,4)13-9)12-8(14)6-11/h7,13H,5-6H2,1-4H3,(H,12,14). The SMILES string of the molecule is CC1(C)CC(NC(=O)CCl)C(C)(C)N1. The first-order valence-electron chi connectivity index (χ1n) is 4.91. The van der Waals surface area contributed by atoms with Crippen molar-refractivity contribution >= 4 is 17.5 Å². The average molecular weight is 219 g/mol. The molecule has 0 aromatic carbocycles. The Hall–Kier alpha value is -0.280. The van der Waals surface area contributed by atoms with E-state index in [0.717, 1.165) is 6.42 Å². The van der Waals surface area contributed by atoms with Gasteiger partial charge in [0.1, 0.15) is 5.88 Å². The summed E-state index contributed by atoms with van der Waals surface area (Å²) in [5, 5.41) is 6.43. The minimum atomic E-state index is -0.0933. The number of carbonyl (C=O) groups excluding carboxylic acids is 1. The highest BCUT2D eigenvalue weighted by Gasteiger charge is 2.44. The van der Waals surface area contributed by atoms with E-state index in [4.69, 9.17) is 11.6 Å². The van der Waals surface area contributed by atoms with E-state index in [1.165, 1.54) is 0 Å². The Morgan fingerprint density at radius 3 is 2.43 bits per heavy atom. The van der Waals surface area contributed by atoms with Crippen molar-refractivity contribution in [3.8, 4) is 0 Å². The van der Waals surface area contributed by atoms with Crippen molar-refractivity contribution in [3.63, 3.8) is 0 Å². The van der Waals surface area contributed by atoms with E-state index in [2.05, 4.69) is 38.3 Å². The molecule has 1 fully saturated rings.